The maximum absolute atomic E-state index is 12.5. The van der Waals surface area contributed by atoms with Gasteiger partial charge in [-0.15, -0.1) is 0 Å². The van der Waals surface area contributed by atoms with E-state index in [0.717, 1.165) is 38.8 Å². The molecule has 1 heterocycles. The molecule has 108 valence electrons. The third kappa shape index (κ3) is 2.52. The monoisotopic (exact) mass is 273 g/mol. The van der Waals surface area contributed by atoms with Crippen LogP contribution in [0.5, 0.6) is 0 Å². The van der Waals surface area contributed by atoms with Crippen LogP contribution in [0.2, 0.25) is 0 Å². The van der Waals surface area contributed by atoms with Crippen LogP contribution >= 0.6 is 0 Å². The fraction of sp³-hybridized carbons (Fsp3) is 0.562. The highest BCUT2D eigenvalue weighted by atomic mass is 16.2. The Bertz CT molecular complexity index is 462. The summed E-state index contributed by atoms with van der Waals surface area (Å²) in [7, 11) is 0. The van der Waals surface area contributed by atoms with E-state index in [2.05, 4.69) is 17.4 Å². The Labute approximate surface area is 120 Å². The summed E-state index contributed by atoms with van der Waals surface area (Å²) in [5.41, 5.74) is 6.98. The lowest BCUT2D eigenvalue weighted by Crippen LogP contribution is -2.56. The maximum atomic E-state index is 12.5. The molecular formula is C16H23N3O. The topological polar surface area (TPSA) is 58.4 Å². The molecule has 4 nitrogen and oxygen atoms in total. The molecule has 1 aromatic rings. The Kier molecular flexibility index (Phi) is 3.66. The number of likely N-dealkylation sites (tertiary alicyclic amines) is 1. The zero-order valence-corrected chi connectivity index (χ0v) is 11.8. The molecule has 20 heavy (non-hydrogen) atoms. The molecule has 1 aliphatic carbocycles. The van der Waals surface area contributed by atoms with Gasteiger partial charge in [0.15, 0.2) is 0 Å². The number of carbonyl (C=O) groups excluding carboxylic acids is 1. The standard InChI is InChI=1S/C16H23N3O/c17-14-7-11-19(12-8-14)15(20)18-16(9-4-10-16)13-5-2-1-3-6-13/h1-3,5-6,14H,4,7-12,17H2,(H,18,20). The fourth-order valence-electron chi connectivity index (χ4n) is 3.16. The zero-order valence-electron chi connectivity index (χ0n) is 11.8. The van der Waals surface area contributed by atoms with Crippen LogP contribution in [0.3, 0.4) is 0 Å². The van der Waals surface area contributed by atoms with E-state index in [9.17, 15) is 4.79 Å². The zero-order chi connectivity index (χ0) is 14.0. The van der Waals surface area contributed by atoms with Gasteiger partial charge < -0.3 is 16.0 Å². The van der Waals surface area contributed by atoms with Crippen molar-refractivity contribution in [2.75, 3.05) is 13.1 Å². The van der Waals surface area contributed by atoms with E-state index in [1.54, 1.807) is 0 Å². The third-order valence-corrected chi connectivity index (χ3v) is 4.71. The summed E-state index contributed by atoms with van der Waals surface area (Å²) >= 11 is 0. The summed E-state index contributed by atoms with van der Waals surface area (Å²) in [5.74, 6) is 0. The summed E-state index contributed by atoms with van der Waals surface area (Å²) in [6.45, 7) is 1.55. The molecule has 0 spiro atoms. The van der Waals surface area contributed by atoms with Crippen LogP contribution in [-0.2, 0) is 5.54 Å². The second-order valence-corrected chi connectivity index (χ2v) is 6.06. The van der Waals surface area contributed by atoms with E-state index >= 15 is 0 Å². The summed E-state index contributed by atoms with van der Waals surface area (Å²) in [6.07, 6.45) is 5.07. The molecular weight excluding hydrogens is 250 g/mol. The normalized spacial score (nSPS) is 22.1. The van der Waals surface area contributed by atoms with Crippen LogP contribution in [0.4, 0.5) is 4.79 Å². The predicted molar refractivity (Wildman–Crippen MR) is 79.3 cm³/mol. The van der Waals surface area contributed by atoms with Crippen LogP contribution in [-0.4, -0.2) is 30.1 Å². The highest BCUT2D eigenvalue weighted by Crippen LogP contribution is 2.41. The summed E-state index contributed by atoms with van der Waals surface area (Å²) in [5, 5.41) is 3.28. The molecule has 3 N–H and O–H groups in total. The Hall–Kier alpha value is -1.55. The first kappa shape index (κ1) is 13.4. The smallest absolute Gasteiger partial charge is 0.318 e. The highest BCUT2D eigenvalue weighted by Gasteiger charge is 2.40. The molecule has 3 rings (SSSR count). The number of nitrogens with one attached hydrogen (secondary N) is 1. The number of carbonyl (C=O) groups is 1. The van der Waals surface area contributed by atoms with Crippen molar-refractivity contribution < 1.29 is 4.79 Å². The number of rotatable bonds is 2. The minimum absolute atomic E-state index is 0.0699. The van der Waals surface area contributed by atoms with Gasteiger partial charge in [0.2, 0.25) is 0 Å². The van der Waals surface area contributed by atoms with Crippen molar-refractivity contribution in [2.24, 2.45) is 5.73 Å². The fourth-order valence-corrected chi connectivity index (χ4v) is 3.16. The van der Waals surface area contributed by atoms with Crippen LogP contribution in [0.1, 0.15) is 37.7 Å². The number of nitrogens with zero attached hydrogens (tertiary/aromatic N) is 1. The quantitative estimate of drug-likeness (QED) is 0.868. The molecule has 2 aliphatic rings. The molecule has 4 heteroatoms. The summed E-state index contributed by atoms with van der Waals surface area (Å²) in [6, 6.07) is 10.7. The van der Waals surface area contributed by atoms with Gasteiger partial charge in [-0.1, -0.05) is 30.3 Å². The molecule has 1 aromatic carbocycles. The van der Waals surface area contributed by atoms with Gasteiger partial charge in [-0.25, -0.2) is 4.79 Å². The maximum Gasteiger partial charge on any atom is 0.318 e. The summed E-state index contributed by atoms with van der Waals surface area (Å²) in [4.78, 5) is 14.4. The first-order valence-corrected chi connectivity index (χ1v) is 7.58. The van der Waals surface area contributed by atoms with E-state index < -0.39 is 0 Å². The van der Waals surface area contributed by atoms with Gasteiger partial charge in [-0.2, -0.15) is 0 Å². The van der Waals surface area contributed by atoms with Crippen molar-refractivity contribution in [1.29, 1.82) is 0 Å². The lowest BCUT2D eigenvalue weighted by molar-refractivity contribution is 0.140. The average Bonchev–Trinajstić information content (AvgIpc) is 2.44. The second kappa shape index (κ2) is 5.44. The van der Waals surface area contributed by atoms with Crippen molar-refractivity contribution in [3.63, 3.8) is 0 Å². The minimum Gasteiger partial charge on any atom is -0.328 e. The van der Waals surface area contributed by atoms with Crippen molar-refractivity contribution in [2.45, 2.75) is 43.7 Å². The number of urea groups is 1. The van der Waals surface area contributed by atoms with Crippen molar-refractivity contribution >= 4 is 6.03 Å². The van der Waals surface area contributed by atoms with E-state index in [0.29, 0.717) is 0 Å². The molecule has 0 aromatic heterocycles. The van der Waals surface area contributed by atoms with Gasteiger partial charge in [-0.3, -0.25) is 0 Å². The Morgan fingerprint density at radius 2 is 1.85 bits per heavy atom. The third-order valence-electron chi connectivity index (χ3n) is 4.71. The molecule has 0 unspecified atom stereocenters. The molecule has 2 fully saturated rings. The Morgan fingerprint density at radius 1 is 1.20 bits per heavy atom. The summed E-state index contributed by atoms with van der Waals surface area (Å²) < 4.78 is 0. The van der Waals surface area contributed by atoms with E-state index in [1.807, 2.05) is 23.1 Å². The number of amides is 2. The molecule has 1 saturated carbocycles. The van der Waals surface area contributed by atoms with Crippen LogP contribution < -0.4 is 11.1 Å². The van der Waals surface area contributed by atoms with Crippen LogP contribution in [0.25, 0.3) is 0 Å². The molecule has 1 aliphatic heterocycles. The highest BCUT2D eigenvalue weighted by molar-refractivity contribution is 5.75. The van der Waals surface area contributed by atoms with Crippen molar-refractivity contribution in [1.82, 2.24) is 10.2 Å². The Balaban J connectivity index is 1.68. The SMILES string of the molecule is NC1CCN(C(=O)NC2(c3ccccc3)CCC2)CC1. The molecule has 0 radical (unpaired) electrons. The van der Waals surface area contributed by atoms with Crippen LogP contribution in [0, 0.1) is 0 Å². The first-order chi connectivity index (χ1) is 9.70. The van der Waals surface area contributed by atoms with Crippen LogP contribution in [0.15, 0.2) is 30.3 Å². The van der Waals surface area contributed by atoms with E-state index in [1.165, 1.54) is 12.0 Å². The number of piperidine rings is 1. The second-order valence-electron chi connectivity index (χ2n) is 6.06. The molecule has 0 atom stereocenters. The largest absolute Gasteiger partial charge is 0.328 e. The number of hydrogen-bond acceptors (Lipinski definition) is 2. The predicted octanol–water partition coefficient (Wildman–Crippen LogP) is 2.20. The van der Waals surface area contributed by atoms with E-state index in [4.69, 9.17) is 5.73 Å². The number of benzene rings is 1. The van der Waals surface area contributed by atoms with E-state index in [-0.39, 0.29) is 17.6 Å². The van der Waals surface area contributed by atoms with Gasteiger partial charge in [-0.05, 0) is 37.7 Å². The van der Waals surface area contributed by atoms with Gasteiger partial charge in [0.05, 0.1) is 5.54 Å². The number of hydrogen-bond donors (Lipinski definition) is 2. The molecule has 1 saturated heterocycles. The molecule has 0 bridgehead atoms. The lowest BCUT2D eigenvalue weighted by atomic mass is 9.72. The van der Waals surface area contributed by atoms with Gasteiger partial charge in [0, 0.05) is 19.1 Å². The van der Waals surface area contributed by atoms with Crippen molar-refractivity contribution in [3.05, 3.63) is 35.9 Å². The first-order valence-electron chi connectivity index (χ1n) is 7.58. The molecule has 2 amide bonds. The van der Waals surface area contributed by atoms with Gasteiger partial charge in [0.25, 0.3) is 0 Å². The average molecular weight is 273 g/mol. The van der Waals surface area contributed by atoms with Crippen molar-refractivity contribution in [3.8, 4) is 0 Å². The minimum atomic E-state index is -0.141. The Morgan fingerprint density at radius 3 is 2.40 bits per heavy atom. The van der Waals surface area contributed by atoms with Gasteiger partial charge >= 0.3 is 6.03 Å². The lowest BCUT2D eigenvalue weighted by Gasteiger charge is -2.44. The number of nitrogens with two attached hydrogens (primary N) is 1. The van der Waals surface area contributed by atoms with Gasteiger partial charge in [0.1, 0.15) is 0 Å².